The number of carbonyl (C=O) groups is 1. The number of aryl methyl sites for hydroxylation is 1. The number of hydrogen-bond donors (Lipinski definition) is 1. The predicted octanol–water partition coefficient (Wildman–Crippen LogP) is 7.60. The van der Waals surface area contributed by atoms with Crippen LogP contribution >= 0.6 is 0 Å². The standard InChI is InChI=1S/C37H42N4O4S/c1-36(2,3)29-21-17-27(18-22-29)25-41-35(42)37(4,5)33(39-41)14-10-11-26-15-19-28(20-16-26)31-23-24-32(45-6)34(38-31)40-46(43,44)30-12-8-7-9-13-30/h7-9,12-13,15-24H,10-11,14,25H2,1-6H3,(H,38,40). The van der Waals surface area contributed by atoms with Crippen LogP contribution in [-0.2, 0) is 33.2 Å². The quantitative estimate of drug-likeness (QED) is 0.182. The average Bonchev–Trinajstić information content (AvgIpc) is 3.24. The molecule has 240 valence electrons. The lowest BCUT2D eigenvalue weighted by Crippen LogP contribution is -2.34. The van der Waals surface area contributed by atoms with Crippen molar-refractivity contribution in [3.63, 3.8) is 0 Å². The summed E-state index contributed by atoms with van der Waals surface area (Å²) < 4.78 is 33.8. The molecule has 1 aromatic heterocycles. The van der Waals surface area contributed by atoms with Crippen molar-refractivity contribution in [3.05, 3.63) is 108 Å². The molecule has 0 bridgehead atoms. The summed E-state index contributed by atoms with van der Waals surface area (Å²) in [6.07, 6.45) is 2.41. The highest BCUT2D eigenvalue weighted by Gasteiger charge is 2.42. The third-order valence-corrected chi connectivity index (χ3v) is 9.73. The molecule has 0 unspecified atom stereocenters. The molecule has 0 saturated carbocycles. The Balaban J connectivity index is 1.22. The largest absolute Gasteiger partial charge is 0.493 e. The van der Waals surface area contributed by atoms with Gasteiger partial charge in [0.1, 0.15) is 0 Å². The second-order valence-electron chi connectivity index (χ2n) is 13.2. The van der Waals surface area contributed by atoms with E-state index in [-0.39, 0.29) is 22.0 Å². The third-order valence-electron chi connectivity index (χ3n) is 8.38. The monoisotopic (exact) mass is 638 g/mol. The zero-order valence-electron chi connectivity index (χ0n) is 27.4. The first-order chi connectivity index (χ1) is 21.8. The molecule has 2 heterocycles. The zero-order valence-corrected chi connectivity index (χ0v) is 28.2. The highest BCUT2D eigenvalue weighted by molar-refractivity contribution is 7.92. The average molecular weight is 639 g/mol. The number of amides is 1. The van der Waals surface area contributed by atoms with E-state index < -0.39 is 15.4 Å². The molecular weight excluding hydrogens is 596 g/mol. The number of pyridine rings is 1. The normalized spacial score (nSPS) is 14.7. The van der Waals surface area contributed by atoms with Crippen molar-refractivity contribution >= 4 is 27.5 Å². The lowest BCUT2D eigenvalue weighted by molar-refractivity contribution is -0.135. The van der Waals surface area contributed by atoms with Gasteiger partial charge < -0.3 is 4.74 Å². The molecule has 1 N–H and O–H groups in total. The Morgan fingerprint density at radius 2 is 1.50 bits per heavy atom. The summed E-state index contributed by atoms with van der Waals surface area (Å²) in [5.41, 5.74) is 5.31. The molecule has 0 aliphatic carbocycles. The lowest BCUT2D eigenvalue weighted by Gasteiger charge is -2.21. The number of hydrazone groups is 1. The van der Waals surface area contributed by atoms with Crippen molar-refractivity contribution in [3.8, 4) is 17.0 Å². The van der Waals surface area contributed by atoms with Crippen molar-refractivity contribution in [1.82, 2.24) is 9.99 Å². The molecule has 9 heteroatoms. The Kier molecular flexibility index (Phi) is 9.35. The number of carbonyl (C=O) groups excluding carboxylic acids is 1. The van der Waals surface area contributed by atoms with Crippen LogP contribution in [-0.4, -0.2) is 37.1 Å². The molecule has 3 aromatic carbocycles. The summed E-state index contributed by atoms with van der Waals surface area (Å²) in [6.45, 7) is 11.0. The van der Waals surface area contributed by atoms with Gasteiger partial charge in [0, 0.05) is 5.56 Å². The highest BCUT2D eigenvalue weighted by Crippen LogP contribution is 2.33. The summed E-state index contributed by atoms with van der Waals surface area (Å²) in [5, 5.41) is 6.39. The van der Waals surface area contributed by atoms with Crippen molar-refractivity contribution in [2.24, 2.45) is 10.5 Å². The molecule has 0 saturated heterocycles. The minimum absolute atomic E-state index is 0.0316. The number of hydrogen-bond acceptors (Lipinski definition) is 6. The van der Waals surface area contributed by atoms with Crippen LogP contribution in [0.3, 0.4) is 0 Å². The molecule has 0 atom stereocenters. The maximum atomic E-state index is 13.2. The van der Waals surface area contributed by atoms with Gasteiger partial charge in [0.05, 0.1) is 35.4 Å². The summed E-state index contributed by atoms with van der Waals surface area (Å²) in [6, 6.07) is 28.2. The van der Waals surface area contributed by atoms with Gasteiger partial charge in [-0.3, -0.25) is 9.52 Å². The van der Waals surface area contributed by atoms with Gasteiger partial charge >= 0.3 is 0 Å². The number of nitrogens with one attached hydrogen (secondary N) is 1. The van der Waals surface area contributed by atoms with E-state index in [1.165, 1.54) is 24.8 Å². The number of rotatable bonds is 11. The molecule has 1 amide bonds. The first kappa shape index (κ1) is 32.9. The van der Waals surface area contributed by atoms with Gasteiger partial charge in [0.2, 0.25) is 0 Å². The van der Waals surface area contributed by atoms with E-state index in [4.69, 9.17) is 9.84 Å². The van der Waals surface area contributed by atoms with Crippen LogP contribution in [0.2, 0.25) is 0 Å². The predicted molar refractivity (Wildman–Crippen MR) is 183 cm³/mol. The van der Waals surface area contributed by atoms with E-state index in [1.54, 1.807) is 35.3 Å². The van der Waals surface area contributed by atoms with E-state index >= 15 is 0 Å². The Hall–Kier alpha value is -4.50. The van der Waals surface area contributed by atoms with Crippen LogP contribution in [0.25, 0.3) is 11.3 Å². The van der Waals surface area contributed by atoms with Crippen molar-refractivity contribution < 1.29 is 17.9 Å². The van der Waals surface area contributed by atoms with Crippen molar-refractivity contribution in [2.75, 3.05) is 11.8 Å². The molecule has 0 spiro atoms. The van der Waals surface area contributed by atoms with Crippen LogP contribution < -0.4 is 9.46 Å². The fourth-order valence-electron chi connectivity index (χ4n) is 5.45. The Morgan fingerprint density at radius 3 is 2.13 bits per heavy atom. The molecule has 0 radical (unpaired) electrons. The summed E-state index contributed by atoms with van der Waals surface area (Å²) in [5.74, 6) is 0.482. The van der Waals surface area contributed by atoms with Crippen LogP contribution in [0, 0.1) is 5.41 Å². The number of nitrogens with zero attached hydrogens (tertiary/aromatic N) is 3. The van der Waals surface area contributed by atoms with Crippen LogP contribution in [0.4, 0.5) is 5.82 Å². The summed E-state index contributed by atoms with van der Waals surface area (Å²) >= 11 is 0. The lowest BCUT2D eigenvalue weighted by atomic mass is 9.84. The van der Waals surface area contributed by atoms with Gasteiger partial charge in [-0.1, -0.05) is 87.5 Å². The number of sulfonamides is 1. The second-order valence-corrected chi connectivity index (χ2v) is 14.9. The van der Waals surface area contributed by atoms with Crippen LogP contribution in [0.1, 0.15) is 64.2 Å². The summed E-state index contributed by atoms with van der Waals surface area (Å²) in [4.78, 5) is 18.0. The minimum Gasteiger partial charge on any atom is -0.493 e. The molecule has 46 heavy (non-hydrogen) atoms. The maximum Gasteiger partial charge on any atom is 0.263 e. The van der Waals surface area contributed by atoms with E-state index in [1.807, 2.05) is 26.0 Å². The first-order valence-corrected chi connectivity index (χ1v) is 17.0. The molecule has 4 aromatic rings. The van der Waals surface area contributed by atoms with E-state index in [9.17, 15) is 13.2 Å². The van der Waals surface area contributed by atoms with Gasteiger partial charge in [0.15, 0.2) is 11.6 Å². The van der Waals surface area contributed by atoms with Crippen LogP contribution in [0.15, 0.2) is 101 Å². The smallest absolute Gasteiger partial charge is 0.263 e. The molecule has 8 nitrogen and oxygen atoms in total. The summed E-state index contributed by atoms with van der Waals surface area (Å²) in [7, 11) is -2.36. The van der Waals surface area contributed by atoms with Crippen molar-refractivity contribution in [1.29, 1.82) is 0 Å². The molecule has 1 aliphatic rings. The Bertz CT molecular complexity index is 1830. The van der Waals surface area contributed by atoms with Gasteiger partial charge in [-0.2, -0.15) is 5.10 Å². The number of ether oxygens (including phenoxy) is 1. The van der Waals surface area contributed by atoms with E-state index in [0.29, 0.717) is 18.0 Å². The molecular formula is C37H42N4O4S. The Labute approximate surface area is 272 Å². The van der Waals surface area contributed by atoms with Gasteiger partial charge in [-0.05, 0) is 79.5 Å². The fraction of sp³-hybridized carbons (Fsp3) is 0.324. The number of benzene rings is 3. The van der Waals surface area contributed by atoms with Gasteiger partial charge in [0.25, 0.3) is 15.9 Å². The number of anilines is 1. The van der Waals surface area contributed by atoms with Crippen LogP contribution in [0.5, 0.6) is 5.75 Å². The minimum atomic E-state index is -3.83. The SMILES string of the molecule is COc1ccc(-c2ccc(CCCC3=NN(Cc4ccc(C(C)(C)C)cc4)C(=O)C3(C)C)cc2)nc1NS(=O)(=O)c1ccccc1. The third kappa shape index (κ3) is 7.31. The second kappa shape index (κ2) is 13.1. The Morgan fingerprint density at radius 1 is 0.848 bits per heavy atom. The van der Waals surface area contributed by atoms with E-state index in [0.717, 1.165) is 41.7 Å². The fourth-order valence-corrected chi connectivity index (χ4v) is 6.48. The first-order valence-electron chi connectivity index (χ1n) is 15.5. The maximum absolute atomic E-state index is 13.2. The molecule has 5 rings (SSSR count). The van der Waals surface area contributed by atoms with E-state index in [2.05, 4.69) is 66.9 Å². The molecule has 1 aliphatic heterocycles. The zero-order chi connectivity index (χ0) is 33.1. The van der Waals surface area contributed by atoms with Gasteiger partial charge in [-0.25, -0.2) is 18.4 Å². The molecule has 0 fully saturated rings. The highest BCUT2D eigenvalue weighted by atomic mass is 32.2. The number of aromatic nitrogens is 1. The topological polar surface area (TPSA) is 101 Å². The number of methoxy groups -OCH3 is 1. The van der Waals surface area contributed by atoms with Crippen molar-refractivity contribution in [2.45, 2.75) is 70.7 Å². The van der Waals surface area contributed by atoms with Gasteiger partial charge in [-0.15, -0.1) is 0 Å².